The number of ether oxygens (including phenoxy) is 4. The van der Waals surface area contributed by atoms with Crippen molar-refractivity contribution in [3.8, 4) is 22.8 Å². The van der Waals surface area contributed by atoms with E-state index in [1.807, 2.05) is 60.6 Å². The van der Waals surface area contributed by atoms with E-state index in [2.05, 4.69) is 28.7 Å². The minimum atomic E-state index is -1.04. The van der Waals surface area contributed by atoms with Gasteiger partial charge in [0.2, 0.25) is 0 Å². The van der Waals surface area contributed by atoms with Gasteiger partial charge < -0.3 is 23.8 Å². The molecule has 1 aromatic carbocycles. The van der Waals surface area contributed by atoms with Crippen molar-refractivity contribution in [2.75, 3.05) is 31.2 Å². The molecule has 1 aliphatic rings. The quantitative estimate of drug-likeness (QED) is 0.150. The van der Waals surface area contributed by atoms with Crippen molar-refractivity contribution in [2.45, 2.75) is 93.0 Å². The van der Waals surface area contributed by atoms with Crippen molar-refractivity contribution in [1.29, 1.82) is 0 Å². The normalized spacial score (nSPS) is 15.5. The minimum absolute atomic E-state index is 0.0717. The Balaban J connectivity index is 1.69. The summed E-state index contributed by atoms with van der Waals surface area (Å²) in [6, 6.07) is 6.89. The van der Waals surface area contributed by atoms with Crippen LogP contribution >= 0.6 is 11.6 Å². The molecule has 3 aromatic rings. The highest BCUT2D eigenvalue weighted by Crippen LogP contribution is 2.44. The molecule has 0 bridgehead atoms. The largest absolute Gasteiger partial charge is 0.488 e. The summed E-state index contributed by atoms with van der Waals surface area (Å²) in [5.74, 6) is -0.728. The van der Waals surface area contributed by atoms with Crippen molar-refractivity contribution < 1.29 is 28.1 Å². The Morgan fingerprint density at radius 2 is 1.72 bits per heavy atom. The summed E-state index contributed by atoms with van der Waals surface area (Å²) in [5.41, 5.74) is 3.73. The Labute approximate surface area is 277 Å². The van der Waals surface area contributed by atoms with Gasteiger partial charge in [0, 0.05) is 47.9 Å². The van der Waals surface area contributed by atoms with Crippen LogP contribution in [-0.4, -0.2) is 53.9 Å². The van der Waals surface area contributed by atoms with E-state index >= 15 is 4.39 Å². The number of benzene rings is 1. The molecule has 8 nitrogen and oxygen atoms in total. The highest BCUT2D eigenvalue weighted by atomic mass is 35.5. The molecule has 0 aliphatic carbocycles. The van der Waals surface area contributed by atoms with Gasteiger partial charge in [0.05, 0.1) is 22.4 Å². The van der Waals surface area contributed by atoms with E-state index in [0.717, 1.165) is 37.2 Å². The SMILES string of the molecule is Cc1ccc(OCCOc2ncc(-c3cnc(C)c([C@H](OC(C)(C)C)C(=O)OC(C)C)c3N3CCC(C)(C)CC3)cc2F)c(Cl)c1. The van der Waals surface area contributed by atoms with E-state index in [4.69, 9.17) is 30.5 Å². The van der Waals surface area contributed by atoms with E-state index in [1.54, 1.807) is 18.5 Å². The molecule has 0 spiro atoms. The summed E-state index contributed by atoms with van der Waals surface area (Å²) in [6.07, 6.45) is 3.80. The Morgan fingerprint density at radius 1 is 1.04 bits per heavy atom. The molecule has 0 saturated carbocycles. The Bertz CT molecular complexity index is 1530. The third-order valence-electron chi connectivity index (χ3n) is 7.81. The number of halogens is 2. The molecule has 0 unspecified atom stereocenters. The summed E-state index contributed by atoms with van der Waals surface area (Å²) in [6.45, 7) is 19.4. The molecule has 2 aromatic heterocycles. The fraction of sp³-hybridized carbons (Fsp3) is 0.528. The van der Waals surface area contributed by atoms with Crippen LogP contribution in [-0.2, 0) is 14.3 Å². The molecule has 0 N–H and O–H groups in total. The number of aromatic nitrogens is 2. The molecule has 1 atom stereocenters. The van der Waals surface area contributed by atoms with E-state index in [0.29, 0.717) is 33.2 Å². The number of carbonyl (C=O) groups excluding carboxylic acids is 1. The molecule has 3 heterocycles. The number of piperidine rings is 1. The second-order valence-corrected chi connectivity index (χ2v) is 14.3. The van der Waals surface area contributed by atoms with Gasteiger partial charge in [0.15, 0.2) is 11.9 Å². The number of anilines is 1. The molecule has 1 fully saturated rings. The lowest BCUT2D eigenvalue weighted by molar-refractivity contribution is -0.171. The molecule has 0 amide bonds. The summed E-state index contributed by atoms with van der Waals surface area (Å²) in [4.78, 5) is 24.9. The summed E-state index contributed by atoms with van der Waals surface area (Å²) < 4.78 is 38.9. The predicted octanol–water partition coefficient (Wildman–Crippen LogP) is 8.44. The van der Waals surface area contributed by atoms with Crippen LogP contribution in [0.1, 0.15) is 84.2 Å². The highest BCUT2D eigenvalue weighted by Gasteiger charge is 2.37. The van der Waals surface area contributed by atoms with Crippen LogP contribution in [0.15, 0.2) is 36.7 Å². The molecule has 10 heteroatoms. The van der Waals surface area contributed by atoms with Crippen LogP contribution in [0.5, 0.6) is 11.6 Å². The maximum atomic E-state index is 15.5. The highest BCUT2D eigenvalue weighted by molar-refractivity contribution is 6.32. The number of hydrogen-bond donors (Lipinski definition) is 0. The summed E-state index contributed by atoms with van der Waals surface area (Å²) in [7, 11) is 0. The van der Waals surface area contributed by atoms with Crippen molar-refractivity contribution >= 4 is 23.3 Å². The second-order valence-electron chi connectivity index (χ2n) is 13.9. The second kappa shape index (κ2) is 14.6. The fourth-order valence-corrected chi connectivity index (χ4v) is 5.66. The molecule has 4 rings (SSSR count). The number of rotatable bonds is 11. The van der Waals surface area contributed by atoms with Gasteiger partial charge in [0.1, 0.15) is 19.0 Å². The Morgan fingerprint density at radius 3 is 2.33 bits per heavy atom. The predicted molar refractivity (Wildman–Crippen MR) is 179 cm³/mol. The number of aryl methyl sites for hydroxylation is 2. The van der Waals surface area contributed by atoms with Crippen LogP contribution in [0.4, 0.5) is 10.1 Å². The van der Waals surface area contributed by atoms with Gasteiger partial charge in [0.25, 0.3) is 5.88 Å². The number of hydrogen-bond acceptors (Lipinski definition) is 8. The zero-order chi connectivity index (χ0) is 33.8. The van der Waals surface area contributed by atoms with Gasteiger partial charge >= 0.3 is 5.97 Å². The molecular formula is C36H47ClFN3O5. The van der Waals surface area contributed by atoms with Crippen LogP contribution in [0, 0.1) is 25.1 Å². The monoisotopic (exact) mass is 655 g/mol. The number of pyridine rings is 2. The fourth-order valence-electron chi connectivity index (χ4n) is 5.37. The van der Waals surface area contributed by atoms with Crippen LogP contribution in [0.25, 0.3) is 11.1 Å². The smallest absolute Gasteiger partial charge is 0.340 e. The lowest BCUT2D eigenvalue weighted by Gasteiger charge is -2.41. The van der Waals surface area contributed by atoms with Gasteiger partial charge in [-0.3, -0.25) is 4.98 Å². The minimum Gasteiger partial charge on any atom is -0.488 e. The molecule has 0 radical (unpaired) electrons. The summed E-state index contributed by atoms with van der Waals surface area (Å²) in [5, 5.41) is 0.500. The van der Waals surface area contributed by atoms with E-state index in [9.17, 15) is 4.79 Å². The maximum absolute atomic E-state index is 15.5. The van der Waals surface area contributed by atoms with Crippen molar-refractivity contribution in [3.63, 3.8) is 0 Å². The molecule has 1 aliphatic heterocycles. The average molecular weight is 656 g/mol. The number of carbonyl (C=O) groups is 1. The van der Waals surface area contributed by atoms with E-state index in [-0.39, 0.29) is 30.6 Å². The topological polar surface area (TPSA) is 83.0 Å². The first-order valence-electron chi connectivity index (χ1n) is 15.8. The van der Waals surface area contributed by atoms with Gasteiger partial charge in [-0.2, -0.15) is 0 Å². The lowest BCUT2D eigenvalue weighted by Crippen LogP contribution is -2.39. The number of esters is 1. The maximum Gasteiger partial charge on any atom is 0.340 e. The first kappa shape index (κ1) is 35.4. The van der Waals surface area contributed by atoms with Crippen molar-refractivity contribution in [3.05, 3.63) is 64.3 Å². The Hall–Kier alpha value is -3.43. The van der Waals surface area contributed by atoms with Crippen molar-refractivity contribution in [1.82, 2.24) is 9.97 Å². The first-order valence-corrected chi connectivity index (χ1v) is 16.2. The standard InChI is InChI=1S/C36H47ClFN3O5/c1-22(2)45-34(42)32(46-35(5,6)7)30-24(4)39-21-26(31(30)41-14-12-36(8,9)13-15-41)25-19-28(38)33(40-20-25)44-17-16-43-29-11-10-23(3)18-27(29)37/h10-11,18-22,32H,12-17H2,1-9H3/t32-/m0/s1. The van der Waals surface area contributed by atoms with Gasteiger partial charge in [-0.1, -0.05) is 31.5 Å². The molecular weight excluding hydrogens is 609 g/mol. The van der Waals surface area contributed by atoms with Crippen LogP contribution in [0.2, 0.25) is 5.02 Å². The van der Waals surface area contributed by atoms with Crippen LogP contribution < -0.4 is 14.4 Å². The van der Waals surface area contributed by atoms with E-state index in [1.165, 1.54) is 6.07 Å². The molecule has 250 valence electrons. The first-order chi connectivity index (χ1) is 21.5. The molecule has 46 heavy (non-hydrogen) atoms. The molecule has 1 saturated heterocycles. The average Bonchev–Trinajstić information content (AvgIpc) is 2.95. The zero-order valence-corrected chi connectivity index (χ0v) is 29.3. The number of nitrogens with zero attached hydrogens (tertiary/aromatic N) is 3. The Kier molecular flexibility index (Phi) is 11.2. The third kappa shape index (κ3) is 9.10. The van der Waals surface area contributed by atoms with E-state index < -0.39 is 23.5 Å². The van der Waals surface area contributed by atoms with Gasteiger partial charge in [-0.25, -0.2) is 14.2 Å². The van der Waals surface area contributed by atoms with Crippen LogP contribution in [0.3, 0.4) is 0 Å². The van der Waals surface area contributed by atoms with Crippen molar-refractivity contribution in [2.24, 2.45) is 5.41 Å². The third-order valence-corrected chi connectivity index (χ3v) is 8.10. The zero-order valence-electron chi connectivity index (χ0n) is 28.5. The van der Waals surface area contributed by atoms with Gasteiger partial charge in [-0.15, -0.1) is 0 Å². The lowest BCUT2D eigenvalue weighted by atomic mass is 9.82. The summed E-state index contributed by atoms with van der Waals surface area (Å²) >= 11 is 6.24. The van der Waals surface area contributed by atoms with Gasteiger partial charge in [-0.05, 0) is 90.5 Å².